The van der Waals surface area contributed by atoms with Gasteiger partial charge in [-0.2, -0.15) is 0 Å². The van der Waals surface area contributed by atoms with Crippen LogP contribution in [0.4, 0.5) is 14.5 Å². The average molecular weight is 355 g/mol. The predicted molar refractivity (Wildman–Crippen MR) is 93.8 cm³/mol. The van der Waals surface area contributed by atoms with Gasteiger partial charge in [0.1, 0.15) is 11.6 Å². The Labute approximate surface area is 148 Å². The predicted octanol–water partition coefficient (Wildman–Crippen LogP) is 4.30. The fraction of sp³-hybridized carbons (Fsp3) is 0.100. The van der Waals surface area contributed by atoms with Crippen LogP contribution in [0.25, 0.3) is 10.8 Å². The van der Waals surface area contributed by atoms with Crippen molar-refractivity contribution in [2.24, 2.45) is 0 Å². The summed E-state index contributed by atoms with van der Waals surface area (Å²) >= 11 is 0. The van der Waals surface area contributed by atoms with E-state index in [0.29, 0.717) is 11.8 Å². The van der Waals surface area contributed by atoms with Crippen molar-refractivity contribution in [3.63, 3.8) is 0 Å². The zero-order valence-electron chi connectivity index (χ0n) is 13.8. The van der Waals surface area contributed by atoms with Crippen molar-refractivity contribution in [3.05, 3.63) is 77.9 Å². The van der Waals surface area contributed by atoms with Crippen molar-refractivity contribution < 1.29 is 23.1 Å². The summed E-state index contributed by atoms with van der Waals surface area (Å²) in [7, 11) is 0. The number of hydrogen-bond acceptors (Lipinski definition) is 3. The molecular weight excluding hydrogens is 340 g/mol. The lowest BCUT2D eigenvalue weighted by atomic mass is 10.1. The third-order valence-corrected chi connectivity index (χ3v) is 3.80. The summed E-state index contributed by atoms with van der Waals surface area (Å²) in [5.41, 5.74) is 0.278. The number of hydrogen-bond donors (Lipinski definition) is 1. The van der Waals surface area contributed by atoms with E-state index in [1.165, 1.54) is 6.92 Å². The largest absolute Gasteiger partial charge is 0.449 e. The Balaban J connectivity index is 1.72. The molecule has 1 amide bonds. The molecule has 6 heteroatoms. The van der Waals surface area contributed by atoms with Crippen LogP contribution in [0.2, 0.25) is 0 Å². The van der Waals surface area contributed by atoms with Crippen LogP contribution in [-0.2, 0) is 9.53 Å². The Kier molecular flexibility index (Phi) is 4.93. The van der Waals surface area contributed by atoms with Crippen LogP contribution < -0.4 is 5.32 Å². The highest BCUT2D eigenvalue weighted by Crippen LogP contribution is 2.23. The summed E-state index contributed by atoms with van der Waals surface area (Å²) < 4.78 is 31.4. The molecule has 0 aromatic heterocycles. The van der Waals surface area contributed by atoms with E-state index < -0.39 is 29.6 Å². The van der Waals surface area contributed by atoms with Gasteiger partial charge in [-0.3, -0.25) is 4.79 Å². The fourth-order valence-corrected chi connectivity index (χ4v) is 2.52. The first-order valence-electron chi connectivity index (χ1n) is 7.90. The van der Waals surface area contributed by atoms with Gasteiger partial charge < -0.3 is 10.1 Å². The highest BCUT2D eigenvalue weighted by Gasteiger charge is 2.20. The summed E-state index contributed by atoms with van der Waals surface area (Å²) in [5.74, 6) is -3.33. The SMILES string of the molecule is C[C@@H](OC(=O)c1cc(F)cc(F)c1)C(=O)Nc1cccc2ccccc12. The number of nitrogens with one attached hydrogen (secondary N) is 1. The van der Waals surface area contributed by atoms with E-state index in [2.05, 4.69) is 5.32 Å². The Bertz CT molecular complexity index is 962. The van der Waals surface area contributed by atoms with E-state index in [9.17, 15) is 18.4 Å². The highest BCUT2D eigenvalue weighted by molar-refractivity contribution is 6.04. The van der Waals surface area contributed by atoms with E-state index in [-0.39, 0.29) is 5.56 Å². The third-order valence-electron chi connectivity index (χ3n) is 3.80. The molecular formula is C20H15F2NO3. The number of rotatable bonds is 4. The molecule has 132 valence electrons. The molecule has 3 rings (SSSR count). The second-order valence-electron chi connectivity index (χ2n) is 5.72. The van der Waals surface area contributed by atoms with Crippen LogP contribution in [0, 0.1) is 11.6 Å². The number of halogens is 2. The maximum atomic E-state index is 13.2. The lowest BCUT2D eigenvalue weighted by Crippen LogP contribution is -2.30. The summed E-state index contributed by atoms with van der Waals surface area (Å²) in [5, 5.41) is 4.49. The Morgan fingerprint density at radius 3 is 2.35 bits per heavy atom. The minimum absolute atomic E-state index is 0.299. The van der Waals surface area contributed by atoms with Gasteiger partial charge in [-0.05, 0) is 30.5 Å². The second kappa shape index (κ2) is 7.31. The van der Waals surface area contributed by atoms with Crippen molar-refractivity contribution in [2.75, 3.05) is 5.32 Å². The maximum Gasteiger partial charge on any atom is 0.339 e. The van der Waals surface area contributed by atoms with E-state index in [1.54, 1.807) is 12.1 Å². The van der Waals surface area contributed by atoms with E-state index in [0.717, 1.165) is 22.9 Å². The molecule has 0 spiro atoms. The van der Waals surface area contributed by atoms with Gasteiger partial charge in [-0.15, -0.1) is 0 Å². The summed E-state index contributed by atoms with van der Waals surface area (Å²) in [6.45, 7) is 1.38. The van der Waals surface area contributed by atoms with Crippen LogP contribution in [0.15, 0.2) is 60.7 Å². The molecule has 0 aliphatic carbocycles. The van der Waals surface area contributed by atoms with Crippen LogP contribution in [-0.4, -0.2) is 18.0 Å². The number of carbonyl (C=O) groups is 2. The van der Waals surface area contributed by atoms with Crippen molar-refractivity contribution in [3.8, 4) is 0 Å². The monoisotopic (exact) mass is 355 g/mol. The van der Waals surface area contributed by atoms with E-state index in [1.807, 2.05) is 30.3 Å². The Morgan fingerprint density at radius 1 is 0.962 bits per heavy atom. The molecule has 3 aromatic rings. The lowest BCUT2D eigenvalue weighted by Gasteiger charge is -2.15. The number of anilines is 1. The number of amides is 1. The van der Waals surface area contributed by atoms with Crippen molar-refractivity contribution in [2.45, 2.75) is 13.0 Å². The van der Waals surface area contributed by atoms with Crippen LogP contribution >= 0.6 is 0 Å². The van der Waals surface area contributed by atoms with Gasteiger partial charge in [0.25, 0.3) is 5.91 Å². The van der Waals surface area contributed by atoms with Gasteiger partial charge in [0.15, 0.2) is 6.10 Å². The number of ether oxygens (including phenoxy) is 1. The molecule has 1 atom stereocenters. The topological polar surface area (TPSA) is 55.4 Å². The van der Waals surface area contributed by atoms with Gasteiger partial charge in [0.2, 0.25) is 0 Å². The van der Waals surface area contributed by atoms with Gasteiger partial charge in [0.05, 0.1) is 5.56 Å². The smallest absolute Gasteiger partial charge is 0.339 e. The maximum absolute atomic E-state index is 13.2. The molecule has 4 nitrogen and oxygen atoms in total. The summed E-state index contributed by atoms with van der Waals surface area (Å²) in [6.07, 6.45) is -1.15. The highest BCUT2D eigenvalue weighted by atomic mass is 19.1. The molecule has 0 bridgehead atoms. The minimum atomic E-state index is -1.15. The zero-order valence-corrected chi connectivity index (χ0v) is 13.8. The van der Waals surface area contributed by atoms with Crippen molar-refractivity contribution in [1.29, 1.82) is 0 Å². The number of carbonyl (C=O) groups excluding carboxylic acids is 2. The first-order chi connectivity index (χ1) is 12.4. The molecule has 26 heavy (non-hydrogen) atoms. The van der Waals surface area contributed by atoms with Gasteiger partial charge >= 0.3 is 5.97 Å². The molecule has 0 aliphatic rings. The van der Waals surface area contributed by atoms with Crippen molar-refractivity contribution in [1.82, 2.24) is 0 Å². The third kappa shape index (κ3) is 3.85. The van der Waals surface area contributed by atoms with E-state index >= 15 is 0 Å². The van der Waals surface area contributed by atoms with Crippen molar-refractivity contribution >= 4 is 28.3 Å². The van der Waals surface area contributed by atoms with Crippen LogP contribution in [0.3, 0.4) is 0 Å². The summed E-state index contributed by atoms with van der Waals surface area (Å²) in [6, 6.07) is 15.3. The zero-order chi connectivity index (χ0) is 18.7. The first kappa shape index (κ1) is 17.5. The molecule has 0 radical (unpaired) electrons. The van der Waals surface area contributed by atoms with Gasteiger partial charge in [0, 0.05) is 17.1 Å². The molecule has 0 unspecified atom stereocenters. The quantitative estimate of drug-likeness (QED) is 0.710. The first-order valence-corrected chi connectivity index (χ1v) is 7.90. The lowest BCUT2D eigenvalue weighted by molar-refractivity contribution is -0.123. The molecule has 0 saturated carbocycles. The van der Waals surface area contributed by atoms with Gasteiger partial charge in [-0.25, -0.2) is 13.6 Å². The molecule has 0 fully saturated rings. The molecule has 0 saturated heterocycles. The van der Waals surface area contributed by atoms with Gasteiger partial charge in [-0.1, -0.05) is 36.4 Å². The Hall–Kier alpha value is -3.28. The Morgan fingerprint density at radius 2 is 1.62 bits per heavy atom. The number of fused-ring (bicyclic) bond motifs is 1. The molecule has 0 aliphatic heterocycles. The minimum Gasteiger partial charge on any atom is -0.449 e. The second-order valence-corrected chi connectivity index (χ2v) is 5.72. The van der Waals surface area contributed by atoms with E-state index in [4.69, 9.17) is 4.74 Å². The number of benzene rings is 3. The number of esters is 1. The normalized spacial score (nSPS) is 11.8. The van der Waals surface area contributed by atoms with Crippen LogP contribution in [0.5, 0.6) is 0 Å². The van der Waals surface area contributed by atoms with Crippen LogP contribution in [0.1, 0.15) is 17.3 Å². The summed E-state index contributed by atoms with van der Waals surface area (Å²) in [4.78, 5) is 24.3. The fourth-order valence-electron chi connectivity index (χ4n) is 2.52. The average Bonchev–Trinajstić information content (AvgIpc) is 2.61. The molecule has 0 heterocycles. The molecule has 3 aromatic carbocycles. The molecule has 1 N–H and O–H groups in total. The standard InChI is InChI=1S/C20H15F2NO3/c1-12(26-20(25)14-9-15(21)11-16(22)10-14)19(24)23-18-8-4-6-13-5-2-3-7-17(13)18/h2-12H,1H3,(H,23,24)/t12-/m1/s1.